The molecule has 1 amide bonds. The molecule has 0 atom stereocenters. The van der Waals surface area contributed by atoms with Gasteiger partial charge < -0.3 is 5.32 Å². The molecule has 4 heteroatoms. The Kier molecular flexibility index (Phi) is 4.16. The highest BCUT2D eigenvalue weighted by Gasteiger charge is 2.13. The number of carbonyl (C=O) groups is 1. The minimum atomic E-state index is -0.0264. The van der Waals surface area contributed by atoms with Crippen molar-refractivity contribution in [3.63, 3.8) is 0 Å². The fraction of sp³-hybridized carbons (Fsp3) is 0.412. The molecule has 0 fully saturated rings. The van der Waals surface area contributed by atoms with Crippen molar-refractivity contribution in [1.82, 2.24) is 9.78 Å². The van der Waals surface area contributed by atoms with Crippen molar-refractivity contribution >= 4 is 11.6 Å². The molecule has 4 nitrogen and oxygen atoms in total. The van der Waals surface area contributed by atoms with E-state index in [0.717, 1.165) is 17.1 Å². The molecular formula is C17H23N3O. The van der Waals surface area contributed by atoms with Crippen LogP contribution in [0.5, 0.6) is 0 Å². The van der Waals surface area contributed by atoms with E-state index in [9.17, 15) is 4.79 Å². The number of aryl methyl sites for hydroxylation is 2. The summed E-state index contributed by atoms with van der Waals surface area (Å²) in [7, 11) is 1.85. The molecule has 1 heterocycles. The van der Waals surface area contributed by atoms with Crippen LogP contribution >= 0.6 is 0 Å². The Balaban J connectivity index is 2.01. The molecule has 0 spiro atoms. The number of hydrogen-bond donors (Lipinski definition) is 1. The summed E-state index contributed by atoms with van der Waals surface area (Å²) in [6, 6.07) is 9.95. The molecule has 0 aliphatic heterocycles. The fourth-order valence-corrected chi connectivity index (χ4v) is 2.25. The third kappa shape index (κ3) is 3.94. The summed E-state index contributed by atoms with van der Waals surface area (Å²) in [4.78, 5) is 12.1. The largest absolute Gasteiger partial charge is 0.326 e. The Morgan fingerprint density at radius 1 is 1.24 bits per heavy atom. The summed E-state index contributed by atoms with van der Waals surface area (Å²) < 4.78 is 1.75. The van der Waals surface area contributed by atoms with E-state index in [1.165, 1.54) is 5.56 Å². The Bertz CT molecular complexity index is 633. The predicted molar refractivity (Wildman–Crippen MR) is 85.4 cm³/mol. The number of nitrogens with zero attached hydrogens (tertiary/aromatic N) is 2. The standard InChI is InChI=1S/C17H23N3O/c1-12-10-15(20(5)19-12)11-16(21)18-14-8-6-13(7-9-14)17(2,3)4/h6-10H,11H2,1-5H3,(H,18,21). The first-order chi connectivity index (χ1) is 9.75. The zero-order chi connectivity index (χ0) is 15.6. The van der Waals surface area contributed by atoms with Crippen LogP contribution in [0, 0.1) is 6.92 Å². The number of hydrogen-bond acceptors (Lipinski definition) is 2. The van der Waals surface area contributed by atoms with E-state index in [0.29, 0.717) is 6.42 Å². The molecule has 0 radical (unpaired) electrons. The molecule has 0 bridgehead atoms. The van der Waals surface area contributed by atoms with E-state index >= 15 is 0 Å². The molecule has 0 saturated carbocycles. The van der Waals surface area contributed by atoms with Crippen LogP contribution in [0.1, 0.15) is 37.7 Å². The van der Waals surface area contributed by atoms with Crippen molar-refractivity contribution in [1.29, 1.82) is 0 Å². The Labute approximate surface area is 126 Å². The lowest BCUT2D eigenvalue weighted by atomic mass is 9.87. The van der Waals surface area contributed by atoms with Crippen LogP contribution < -0.4 is 5.32 Å². The van der Waals surface area contributed by atoms with Crippen molar-refractivity contribution in [2.24, 2.45) is 7.05 Å². The highest BCUT2D eigenvalue weighted by atomic mass is 16.1. The van der Waals surface area contributed by atoms with Crippen molar-refractivity contribution in [2.75, 3.05) is 5.32 Å². The number of aromatic nitrogens is 2. The minimum Gasteiger partial charge on any atom is -0.326 e. The van der Waals surface area contributed by atoms with Crippen LogP contribution in [0.25, 0.3) is 0 Å². The fourth-order valence-electron chi connectivity index (χ4n) is 2.25. The summed E-state index contributed by atoms with van der Waals surface area (Å²) in [5, 5.41) is 7.17. The quantitative estimate of drug-likeness (QED) is 0.941. The minimum absolute atomic E-state index is 0.0264. The molecule has 2 aromatic rings. The molecule has 1 aromatic carbocycles. The van der Waals surface area contributed by atoms with Gasteiger partial charge in [0.05, 0.1) is 12.1 Å². The van der Waals surface area contributed by atoms with Gasteiger partial charge in [-0.15, -0.1) is 0 Å². The van der Waals surface area contributed by atoms with Gasteiger partial charge in [0.2, 0.25) is 5.91 Å². The van der Waals surface area contributed by atoms with Crippen molar-refractivity contribution in [2.45, 2.75) is 39.5 Å². The highest BCUT2D eigenvalue weighted by molar-refractivity contribution is 5.92. The number of rotatable bonds is 3. The SMILES string of the molecule is Cc1cc(CC(=O)Nc2ccc(C(C)(C)C)cc2)n(C)n1. The predicted octanol–water partition coefficient (Wildman–Crippen LogP) is 3.21. The van der Waals surface area contributed by atoms with E-state index in [1.54, 1.807) is 4.68 Å². The average Bonchev–Trinajstić information content (AvgIpc) is 2.67. The maximum absolute atomic E-state index is 12.1. The van der Waals surface area contributed by atoms with Gasteiger partial charge in [-0.1, -0.05) is 32.9 Å². The molecule has 1 aromatic heterocycles. The summed E-state index contributed by atoms with van der Waals surface area (Å²) in [6.45, 7) is 8.44. The Morgan fingerprint density at radius 3 is 2.33 bits per heavy atom. The Morgan fingerprint density at radius 2 is 1.86 bits per heavy atom. The van der Waals surface area contributed by atoms with Crippen LogP contribution in [-0.4, -0.2) is 15.7 Å². The van der Waals surface area contributed by atoms with Gasteiger partial charge in [0, 0.05) is 18.4 Å². The van der Waals surface area contributed by atoms with Crippen LogP contribution in [0.4, 0.5) is 5.69 Å². The first-order valence-corrected chi connectivity index (χ1v) is 7.15. The molecule has 112 valence electrons. The maximum atomic E-state index is 12.1. The number of amides is 1. The second-order valence-electron chi connectivity index (χ2n) is 6.45. The van der Waals surface area contributed by atoms with Gasteiger partial charge in [0.15, 0.2) is 0 Å². The first-order valence-electron chi connectivity index (χ1n) is 7.15. The second-order valence-corrected chi connectivity index (χ2v) is 6.45. The van der Waals surface area contributed by atoms with E-state index in [2.05, 4.69) is 43.3 Å². The van der Waals surface area contributed by atoms with E-state index < -0.39 is 0 Å². The smallest absolute Gasteiger partial charge is 0.230 e. The molecular weight excluding hydrogens is 262 g/mol. The molecule has 1 N–H and O–H groups in total. The molecule has 0 unspecified atom stereocenters. The second kappa shape index (κ2) is 5.72. The van der Waals surface area contributed by atoms with Crippen LogP contribution in [-0.2, 0) is 23.7 Å². The van der Waals surface area contributed by atoms with Gasteiger partial charge in [-0.2, -0.15) is 5.10 Å². The molecule has 0 aliphatic carbocycles. The van der Waals surface area contributed by atoms with Crippen molar-refractivity contribution < 1.29 is 4.79 Å². The maximum Gasteiger partial charge on any atom is 0.230 e. The molecule has 2 rings (SSSR count). The van der Waals surface area contributed by atoms with Crippen molar-refractivity contribution in [3.8, 4) is 0 Å². The van der Waals surface area contributed by atoms with E-state index in [-0.39, 0.29) is 11.3 Å². The van der Waals surface area contributed by atoms with Gasteiger partial charge in [0.25, 0.3) is 0 Å². The monoisotopic (exact) mass is 285 g/mol. The first kappa shape index (κ1) is 15.3. The summed E-state index contributed by atoms with van der Waals surface area (Å²) in [6.07, 6.45) is 0.332. The van der Waals surface area contributed by atoms with Crippen LogP contribution in [0.3, 0.4) is 0 Å². The molecule has 0 saturated heterocycles. The number of nitrogens with one attached hydrogen (secondary N) is 1. The lowest BCUT2D eigenvalue weighted by Crippen LogP contribution is -2.17. The van der Waals surface area contributed by atoms with Crippen LogP contribution in [0.2, 0.25) is 0 Å². The number of anilines is 1. The van der Waals surface area contributed by atoms with Gasteiger partial charge >= 0.3 is 0 Å². The van der Waals surface area contributed by atoms with Gasteiger partial charge in [-0.3, -0.25) is 9.48 Å². The summed E-state index contributed by atoms with van der Waals surface area (Å²) in [5.74, 6) is -0.0264. The third-order valence-corrected chi connectivity index (χ3v) is 3.48. The zero-order valence-electron chi connectivity index (χ0n) is 13.4. The normalized spacial score (nSPS) is 11.5. The summed E-state index contributed by atoms with van der Waals surface area (Å²) in [5.41, 5.74) is 4.04. The van der Waals surface area contributed by atoms with Gasteiger partial charge in [-0.25, -0.2) is 0 Å². The highest BCUT2D eigenvalue weighted by Crippen LogP contribution is 2.23. The molecule has 21 heavy (non-hydrogen) atoms. The topological polar surface area (TPSA) is 46.9 Å². The summed E-state index contributed by atoms with van der Waals surface area (Å²) >= 11 is 0. The third-order valence-electron chi connectivity index (χ3n) is 3.48. The number of benzene rings is 1. The Hall–Kier alpha value is -2.10. The van der Waals surface area contributed by atoms with E-state index in [4.69, 9.17) is 0 Å². The molecule has 0 aliphatic rings. The van der Waals surface area contributed by atoms with Gasteiger partial charge in [-0.05, 0) is 36.1 Å². The zero-order valence-corrected chi connectivity index (χ0v) is 13.4. The lowest BCUT2D eigenvalue weighted by Gasteiger charge is -2.19. The van der Waals surface area contributed by atoms with Crippen LogP contribution in [0.15, 0.2) is 30.3 Å². The average molecular weight is 285 g/mol. The van der Waals surface area contributed by atoms with E-state index in [1.807, 2.05) is 32.2 Å². The number of carbonyl (C=O) groups excluding carboxylic acids is 1. The van der Waals surface area contributed by atoms with Gasteiger partial charge in [0.1, 0.15) is 0 Å². The van der Waals surface area contributed by atoms with Crippen molar-refractivity contribution in [3.05, 3.63) is 47.3 Å². The lowest BCUT2D eigenvalue weighted by molar-refractivity contribution is -0.115.